The summed E-state index contributed by atoms with van der Waals surface area (Å²) in [7, 11) is 0. The number of ether oxygens (including phenoxy) is 1. The third-order valence-electron chi connectivity index (χ3n) is 5.18. The lowest BCUT2D eigenvalue weighted by molar-refractivity contribution is -0.122. The molecule has 2 aliphatic rings. The van der Waals surface area contributed by atoms with Crippen molar-refractivity contribution in [3.63, 3.8) is 0 Å². The monoisotopic (exact) mass is 412 g/mol. The zero-order chi connectivity index (χ0) is 22.3. The van der Waals surface area contributed by atoms with Crippen LogP contribution in [0.5, 0.6) is 0 Å². The number of piperidine rings is 2. The molecule has 2 fully saturated rings. The molecule has 2 heterocycles. The van der Waals surface area contributed by atoms with E-state index in [1.54, 1.807) is 11.8 Å². The van der Waals surface area contributed by atoms with Crippen molar-refractivity contribution >= 4 is 17.9 Å². The fraction of sp³-hybridized carbons (Fsp3) is 0.857. The molecule has 29 heavy (non-hydrogen) atoms. The zero-order valence-electron chi connectivity index (χ0n) is 19.2. The summed E-state index contributed by atoms with van der Waals surface area (Å²) in [6.07, 6.45) is 3.31. The summed E-state index contributed by atoms with van der Waals surface area (Å²) in [5.74, 6) is 0.0534. The molecule has 0 aromatic rings. The van der Waals surface area contributed by atoms with Gasteiger partial charge < -0.3 is 25.6 Å². The molecule has 2 aliphatic heterocycles. The van der Waals surface area contributed by atoms with Gasteiger partial charge in [0.15, 0.2) is 0 Å². The third-order valence-corrected chi connectivity index (χ3v) is 5.18. The smallest absolute Gasteiger partial charge is 0.410 e. The fourth-order valence-corrected chi connectivity index (χ4v) is 3.59. The van der Waals surface area contributed by atoms with Crippen LogP contribution in [0.2, 0.25) is 0 Å². The predicted octanol–water partition coefficient (Wildman–Crippen LogP) is 2.18. The molecule has 2 rings (SSSR count). The molecule has 0 unspecified atom stereocenters. The Hall–Kier alpha value is -1.83. The van der Waals surface area contributed by atoms with Gasteiger partial charge >= 0.3 is 6.09 Å². The van der Waals surface area contributed by atoms with Gasteiger partial charge in [0, 0.05) is 38.0 Å². The third kappa shape index (κ3) is 9.96. The van der Waals surface area contributed by atoms with Crippen molar-refractivity contribution in [1.29, 1.82) is 0 Å². The fourth-order valence-electron chi connectivity index (χ4n) is 3.59. The second-order valence-corrected chi connectivity index (χ2v) is 9.70. The van der Waals surface area contributed by atoms with Crippen LogP contribution < -0.4 is 16.0 Å². The van der Waals surface area contributed by atoms with Crippen LogP contribution in [0.4, 0.5) is 4.79 Å². The van der Waals surface area contributed by atoms with E-state index in [1.807, 2.05) is 27.7 Å². The highest BCUT2D eigenvalue weighted by molar-refractivity contribution is 5.74. The first-order chi connectivity index (χ1) is 13.2. The van der Waals surface area contributed by atoms with Gasteiger partial charge in [-0.1, -0.05) is 0 Å². The van der Waals surface area contributed by atoms with Gasteiger partial charge in [-0.15, -0.1) is 0 Å². The van der Waals surface area contributed by atoms with E-state index in [1.165, 1.54) is 6.92 Å². The number of likely N-dealkylation sites (tertiary alicyclic amines) is 1. The van der Waals surface area contributed by atoms with Crippen LogP contribution >= 0.6 is 0 Å². The van der Waals surface area contributed by atoms with Crippen LogP contribution in [0, 0.1) is 0 Å². The summed E-state index contributed by atoms with van der Waals surface area (Å²) in [5, 5.41) is 9.19. The van der Waals surface area contributed by atoms with Crippen molar-refractivity contribution in [2.75, 3.05) is 26.2 Å². The molecule has 8 heteroatoms. The maximum atomic E-state index is 11.9. The SMILES string of the molecule is CC(=O)NC1(C)CCN(C(=O)OC(C)(C)C)CC1.CC(=O)NC1(C)CCNCC1. The lowest BCUT2D eigenvalue weighted by Crippen LogP contribution is -2.54. The Morgan fingerprint density at radius 3 is 1.66 bits per heavy atom. The molecule has 0 radical (unpaired) electrons. The number of hydrogen-bond donors (Lipinski definition) is 3. The Morgan fingerprint density at radius 1 is 0.862 bits per heavy atom. The first-order valence-corrected chi connectivity index (χ1v) is 10.5. The summed E-state index contributed by atoms with van der Waals surface area (Å²) >= 11 is 0. The minimum Gasteiger partial charge on any atom is -0.444 e. The predicted molar refractivity (Wildman–Crippen MR) is 114 cm³/mol. The van der Waals surface area contributed by atoms with Crippen molar-refractivity contribution in [2.45, 2.75) is 90.8 Å². The molecule has 0 bridgehead atoms. The van der Waals surface area contributed by atoms with Crippen molar-refractivity contribution in [1.82, 2.24) is 20.9 Å². The van der Waals surface area contributed by atoms with Crippen LogP contribution in [0.25, 0.3) is 0 Å². The Labute approximate surface area is 175 Å². The number of amides is 3. The van der Waals surface area contributed by atoms with Gasteiger partial charge in [0.25, 0.3) is 0 Å². The highest BCUT2D eigenvalue weighted by Gasteiger charge is 2.34. The van der Waals surface area contributed by atoms with Gasteiger partial charge in [-0.05, 0) is 73.4 Å². The molecule has 0 aromatic carbocycles. The number of rotatable bonds is 2. The van der Waals surface area contributed by atoms with E-state index in [0.29, 0.717) is 13.1 Å². The first-order valence-electron chi connectivity index (χ1n) is 10.5. The van der Waals surface area contributed by atoms with Crippen molar-refractivity contribution in [3.05, 3.63) is 0 Å². The highest BCUT2D eigenvalue weighted by atomic mass is 16.6. The van der Waals surface area contributed by atoms with Crippen LogP contribution in [0.1, 0.15) is 74.1 Å². The van der Waals surface area contributed by atoms with E-state index < -0.39 is 5.60 Å². The van der Waals surface area contributed by atoms with E-state index in [4.69, 9.17) is 4.74 Å². The van der Waals surface area contributed by atoms with Crippen LogP contribution in [-0.4, -0.2) is 65.7 Å². The number of carbonyl (C=O) groups is 3. The van der Waals surface area contributed by atoms with E-state index in [2.05, 4.69) is 22.9 Å². The second-order valence-electron chi connectivity index (χ2n) is 9.70. The number of hydrogen-bond acceptors (Lipinski definition) is 5. The lowest BCUT2D eigenvalue weighted by atomic mass is 9.90. The largest absolute Gasteiger partial charge is 0.444 e. The van der Waals surface area contributed by atoms with Gasteiger partial charge in [-0.3, -0.25) is 9.59 Å². The van der Waals surface area contributed by atoms with E-state index in [-0.39, 0.29) is 29.0 Å². The Bertz CT molecular complexity index is 572. The Kier molecular flexibility index (Phi) is 8.93. The average Bonchev–Trinajstić information content (AvgIpc) is 2.52. The number of nitrogens with zero attached hydrogens (tertiary/aromatic N) is 1. The average molecular weight is 413 g/mol. The minimum atomic E-state index is -0.463. The molecular weight excluding hydrogens is 372 g/mol. The molecule has 0 atom stereocenters. The van der Waals surface area contributed by atoms with Gasteiger partial charge in [0.05, 0.1) is 0 Å². The van der Waals surface area contributed by atoms with Gasteiger partial charge in [-0.25, -0.2) is 4.79 Å². The second kappa shape index (κ2) is 10.3. The van der Waals surface area contributed by atoms with Crippen molar-refractivity contribution in [3.8, 4) is 0 Å². The van der Waals surface area contributed by atoms with E-state index in [0.717, 1.165) is 38.8 Å². The minimum absolute atomic E-state index is 0.0248. The van der Waals surface area contributed by atoms with Gasteiger partial charge in [-0.2, -0.15) is 0 Å². The molecular formula is C21H40N4O4. The molecule has 0 aromatic heterocycles. The summed E-state index contributed by atoms with van der Waals surface area (Å²) in [6.45, 7) is 16.0. The molecule has 3 amide bonds. The maximum Gasteiger partial charge on any atom is 0.410 e. The molecule has 0 aliphatic carbocycles. The van der Waals surface area contributed by atoms with Crippen molar-refractivity contribution < 1.29 is 19.1 Å². The summed E-state index contributed by atoms with van der Waals surface area (Å²) in [5.41, 5.74) is -0.628. The quantitative estimate of drug-likeness (QED) is 0.645. The lowest BCUT2D eigenvalue weighted by Gasteiger charge is -2.40. The molecule has 168 valence electrons. The summed E-state index contributed by atoms with van der Waals surface area (Å²) < 4.78 is 5.33. The van der Waals surface area contributed by atoms with E-state index >= 15 is 0 Å². The molecule has 3 N–H and O–H groups in total. The summed E-state index contributed by atoms with van der Waals surface area (Å²) in [4.78, 5) is 35.5. The number of nitrogens with one attached hydrogen (secondary N) is 3. The van der Waals surface area contributed by atoms with E-state index in [9.17, 15) is 14.4 Å². The molecule has 2 saturated heterocycles. The van der Waals surface area contributed by atoms with Crippen LogP contribution in [0.3, 0.4) is 0 Å². The van der Waals surface area contributed by atoms with Crippen molar-refractivity contribution in [2.24, 2.45) is 0 Å². The van der Waals surface area contributed by atoms with Crippen LogP contribution in [0.15, 0.2) is 0 Å². The number of carbonyl (C=O) groups excluding carboxylic acids is 3. The van der Waals surface area contributed by atoms with Gasteiger partial charge in [0.1, 0.15) is 5.60 Å². The van der Waals surface area contributed by atoms with Gasteiger partial charge in [0.2, 0.25) is 11.8 Å². The maximum absolute atomic E-state index is 11.9. The topological polar surface area (TPSA) is 99.8 Å². The Morgan fingerprint density at radius 2 is 1.28 bits per heavy atom. The Balaban J connectivity index is 0.000000326. The normalized spacial score (nSPS) is 20.6. The highest BCUT2D eigenvalue weighted by Crippen LogP contribution is 2.23. The standard InChI is InChI=1S/C13H24N2O3.C8H16N2O/c1-10(16)14-13(5)6-8-15(9-7-13)11(17)18-12(2,3)4;1-7(11)10-8(2)3-5-9-6-4-8/h6-9H2,1-5H3,(H,14,16);9H,3-6H2,1-2H3,(H,10,11). The molecule has 0 spiro atoms. The van der Waals surface area contributed by atoms with Crippen LogP contribution in [-0.2, 0) is 14.3 Å². The zero-order valence-corrected chi connectivity index (χ0v) is 19.2. The first kappa shape index (κ1) is 25.2. The summed E-state index contributed by atoms with van der Waals surface area (Å²) in [6, 6.07) is 0. The molecule has 0 saturated carbocycles. The molecule has 8 nitrogen and oxygen atoms in total.